The zero-order valence-electron chi connectivity index (χ0n) is 17.9. The van der Waals surface area contributed by atoms with Crippen molar-refractivity contribution in [2.24, 2.45) is 0 Å². The Bertz CT molecular complexity index is 1140. The summed E-state index contributed by atoms with van der Waals surface area (Å²) in [5, 5.41) is 1.34. The molecule has 0 N–H and O–H groups in total. The molecule has 1 aliphatic carbocycles. The monoisotopic (exact) mass is 441 g/mol. The van der Waals surface area contributed by atoms with Gasteiger partial charge in [-0.15, -0.1) is 11.3 Å². The van der Waals surface area contributed by atoms with Crippen LogP contribution in [0.3, 0.4) is 0 Å². The molecule has 1 saturated carbocycles. The highest BCUT2D eigenvalue weighted by molar-refractivity contribution is 7.99. The molecular weight excluding hydrogens is 414 g/mol. The number of carbonyl (C=O) groups excluding carboxylic acids is 1. The van der Waals surface area contributed by atoms with Gasteiger partial charge in [-0.2, -0.15) is 0 Å². The second-order valence-electron chi connectivity index (χ2n) is 7.98. The number of carbonyl (C=O) groups is 1. The smallest absolute Gasteiger partial charge is 0.263 e. The first-order valence-electron chi connectivity index (χ1n) is 10.4. The summed E-state index contributed by atoms with van der Waals surface area (Å²) in [6.45, 7) is 6.62. The molecule has 0 radical (unpaired) electrons. The minimum absolute atomic E-state index is 0.0143. The number of rotatable bonds is 7. The molecule has 2 aromatic heterocycles. The molecule has 3 aromatic rings. The Kier molecular flexibility index (Phi) is 6.02. The third-order valence-electron chi connectivity index (χ3n) is 5.71. The van der Waals surface area contributed by atoms with Crippen LogP contribution in [0.5, 0.6) is 0 Å². The lowest BCUT2D eigenvalue weighted by molar-refractivity contribution is -0.127. The van der Waals surface area contributed by atoms with Crippen molar-refractivity contribution in [3.63, 3.8) is 0 Å². The summed E-state index contributed by atoms with van der Waals surface area (Å²) in [6, 6.07) is 8.58. The van der Waals surface area contributed by atoms with E-state index >= 15 is 0 Å². The molecule has 0 bridgehead atoms. The maximum atomic E-state index is 13.5. The molecule has 1 fully saturated rings. The van der Waals surface area contributed by atoms with E-state index in [0.717, 1.165) is 40.6 Å². The summed E-state index contributed by atoms with van der Waals surface area (Å²) in [5.74, 6) is 0.388. The van der Waals surface area contributed by atoms with E-state index in [2.05, 4.69) is 19.1 Å². The number of aryl methyl sites for hydroxylation is 3. The van der Waals surface area contributed by atoms with E-state index in [0.29, 0.717) is 23.5 Å². The van der Waals surface area contributed by atoms with Gasteiger partial charge in [0.2, 0.25) is 5.91 Å². The molecule has 158 valence electrons. The summed E-state index contributed by atoms with van der Waals surface area (Å²) in [5.41, 5.74) is 3.26. The second-order valence-corrected chi connectivity index (χ2v) is 10.0. The Hall–Kier alpha value is -2.12. The number of aromatic nitrogens is 2. The molecule has 0 unspecified atom stereocenters. The molecule has 30 heavy (non-hydrogen) atoms. The van der Waals surface area contributed by atoms with Crippen LogP contribution < -0.4 is 5.56 Å². The zero-order valence-corrected chi connectivity index (χ0v) is 19.5. The van der Waals surface area contributed by atoms with Crippen molar-refractivity contribution in [3.8, 4) is 0 Å². The molecule has 7 heteroatoms. The van der Waals surface area contributed by atoms with Gasteiger partial charge in [0.25, 0.3) is 5.56 Å². The lowest BCUT2D eigenvalue weighted by atomic mass is 10.1. The van der Waals surface area contributed by atoms with Gasteiger partial charge in [0.1, 0.15) is 4.83 Å². The number of thioether (sulfide) groups is 1. The summed E-state index contributed by atoms with van der Waals surface area (Å²) < 4.78 is 1.74. The fraction of sp³-hybridized carbons (Fsp3) is 0.435. The standard InChI is InChI=1S/C23H27N3O2S2/c1-5-18-15(3)20-21(30-18)24-23(29-13-19(27)25(4)17-10-11-17)26(22(20)28)12-16-8-6-14(2)7-9-16/h6-9,17H,5,10-13H2,1-4H3. The third kappa shape index (κ3) is 4.18. The zero-order chi connectivity index (χ0) is 21.4. The molecule has 0 aliphatic heterocycles. The lowest BCUT2D eigenvalue weighted by Crippen LogP contribution is -2.31. The van der Waals surface area contributed by atoms with Crippen LogP contribution >= 0.6 is 23.1 Å². The van der Waals surface area contributed by atoms with Gasteiger partial charge in [-0.1, -0.05) is 48.5 Å². The fourth-order valence-electron chi connectivity index (χ4n) is 3.60. The fourth-order valence-corrected chi connectivity index (χ4v) is 5.68. The highest BCUT2D eigenvalue weighted by Crippen LogP contribution is 2.30. The topological polar surface area (TPSA) is 55.2 Å². The Morgan fingerprint density at radius 1 is 1.27 bits per heavy atom. The first kappa shape index (κ1) is 21.1. The predicted octanol–water partition coefficient (Wildman–Crippen LogP) is 4.40. The van der Waals surface area contributed by atoms with Crippen LogP contribution in [0.1, 0.15) is 41.3 Å². The molecule has 1 amide bonds. The van der Waals surface area contributed by atoms with Gasteiger partial charge >= 0.3 is 0 Å². The van der Waals surface area contributed by atoms with Crippen molar-refractivity contribution in [1.29, 1.82) is 0 Å². The number of thiophene rings is 1. The van der Waals surface area contributed by atoms with E-state index in [9.17, 15) is 9.59 Å². The Labute approximate surface area is 185 Å². The maximum absolute atomic E-state index is 13.5. The predicted molar refractivity (Wildman–Crippen MR) is 125 cm³/mol. The van der Waals surface area contributed by atoms with E-state index in [1.54, 1.807) is 15.9 Å². The molecule has 1 aromatic carbocycles. The largest absolute Gasteiger partial charge is 0.342 e. The number of nitrogens with zero attached hydrogens (tertiary/aromatic N) is 3. The van der Waals surface area contributed by atoms with Crippen LogP contribution in [-0.2, 0) is 17.8 Å². The molecule has 0 atom stereocenters. The van der Waals surface area contributed by atoms with Gasteiger partial charge in [-0.3, -0.25) is 14.2 Å². The van der Waals surface area contributed by atoms with E-state index in [-0.39, 0.29) is 11.5 Å². The van der Waals surface area contributed by atoms with Crippen LogP contribution in [0.25, 0.3) is 10.2 Å². The average Bonchev–Trinajstić information content (AvgIpc) is 3.53. The first-order valence-corrected chi connectivity index (χ1v) is 12.2. The Balaban J connectivity index is 1.72. The number of benzene rings is 1. The molecule has 0 spiro atoms. The van der Waals surface area contributed by atoms with Crippen LogP contribution in [0.4, 0.5) is 0 Å². The van der Waals surface area contributed by atoms with Crippen LogP contribution in [0.2, 0.25) is 0 Å². The van der Waals surface area contributed by atoms with Crippen molar-refractivity contribution < 1.29 is 4.79 Å². The molecule has 2 heterocycles. The van der Waals surface area contributed by atoms with E-state index < -0.39 is 0 Å². The van der Waals surface area contributed by atoms with Crippen LogP contribution in [-0.4, -0.2) is 39.2 Å². The summed E-state index contributed by atoms with van der Waals surface area (Å²) in [6.07, 6.45) is 3.06. The second kappa shape index (κ2) is 8.55. The molecule has 5 nitrogen and oxygen atoms in total. The first-order chi connectivity index (χ1) is 14.4. The summed E-state index contributed by atoms with van der Waals surface area (Å²) in [7, 11) is 1.87. The minimum Gasteiger partial charge on any atom is -0.342 e. The quantitative estimate of drug-likeness (QED) is 0.403. The number of hydrogen-bond donors (Lipinski definition) is 0. The highest BCUT2D eigenvalue weighted by Gasteiger charge is 2.29. The van der Waals surface area contributed by atoms with Crippen molar-refractivity contribution >= 4 is 39.2 Å². The van der Waals surface area contributed by atoms with Crippen molar-refractivity contribution in [2.75, 3.05) is 12.8 Å². The average molecular weight is 442 g/mol. The van der Waals surface area contributed by atoms with E-state index in [1.165, 1.54) is 22.2 Å². The Morgan fingerprint density at radius 2 is 1.97 bits per heavy atom. The van der Waals surface area contributed by atoms with Crippen LogP contribution in [0.15, 0.2) is 34.2 Å². The third-order valence-corrected chi connectivity index (χ3v) is 8.00. The number of fused-ring (bicyclic) bond motifs is 1. The van der Waals surface area contributed by atoms with Crippen molar-refractivity contribution in [1.82, 2.24) is 14.5 Å². The molecule has 4 rings (SSSR count). The van der Waals surface area contributed by atoms with Gasteiger partial charge in [0, 0.05) is 18.0 Å². The molecule has 0 saturated heterocycles. The van der Waals surface area contributed by atoms with Gasteiger partial charge in [-0.05, 0) is 44.2 Å². The summed E-state index contributed by atoms with van der Waals surface area (Å²) in [4.78, 5) is 34.7. The molecule has 1 aliphatic rings. The highest BCUT2D eigenvalue weighted by atomic mass is 32.2. The van der Waals surface area contributed by atoms with Crippen molar-refractivity contribution in [2.45, 2.75) is 57.8 Å². The number of hydrogen-bond acceptors (Lipinski definition) is 5. The minimum atomic E-state index is -0.0143. The van der Waals surface area contributed by atoms with E-state index in [4.69, 9.17) is 4.98 Å². The van der Waals surface area contributed by atoms with Gasteiger partial charge < -0.3 is 4.90 Å². The summed E-state index contributed by atoms with van der Waals surface area (Å²) >= 11 is 2.96. The van der Waals surface area contributed by atoms with Crippen LogP contribution in [0, 0.1) is 13.8 Å². The SMILES string of the molecule is CCc1sc2nc(SCC(=O)N(C)C3CC3)n(Cc3ccc(C)cc3)c(=O)c2c1C. The van der Waals surface area contributed by atoms with Gasteiger partial charge in [0.05, 0.1) is 17.7 Å². The normalized spacial score (nSPS) is 13.7. The van der Waals surface area contributed by atoms with Gasteiger partial charge in [0.15, 0.2) is 5.16 Å². The Morgan fingerprint density at radius 3 is 2.60 bits per heavy atom. The maximum Gasteiger partial charge on any atom is 0.263 e. The van der Waals surface area contributed by atoms with E-state index in [1.807, 2.05) is 37.9 Å². The molecular formula is C23H27N3O2S2. The lowest BCUT2D eigenvalue weighted by Gasteiger charge is -2.17. The van der Waals surface area contributed by atoms with Gasteiger partial charge in [-0.25, -0.2) is 4.98 Å². The van der Waals surface area contributed by atoms with Crippen molar-refractivity contribution in [3.05, 3.63) is 56.2 Å². The number of amides is 1.